The van der Waals surface area contributed by atoms with Gasteiger partial charge in [-0.15, -0.1) is 0 Å². The maximum absolute atomic E-state index is 13.0. The summed E-state index contributed by atoms with van der Waals surface area (Å²) in [6.07, 6.45) is 2.71. The Hall–Kier alpha value is -3.07. The molecule has 2 aromatic carbocycles. The van der Waals surface area contributed by atoms with Crippen LogP contribution in [0.3, 0.4) is 0 Å². The van der Waals surface area contributed by atoms with Gasteiger partial charge in [0.2, 0.25) is 5.75 Å². The number of ether oxygens (including phenoxy) is 1. The summed E-state index contributed by atoms with van der Waals surface area (Å²) in [6.45, 7) is 1.98. The molecule has 0 N–H and O–H groups in total. The number of hydrogen-bond acceptors (Lipinski definition) is 6. The Morgan fingerprint density at radius 1 is 1.36 bits per heavy atom. The number of halogens is 1. The molecule has 0 aliphatic carbocycles. The lowest BCUT2D eigenvalue weighted by Crippen LogP contribution is -2.22. The van der Waals surface area contributed by atoms with Crippen molar-refractivity contribution in [3.63, 3.8) is 0 Å². The minimum Gasteiger partial charge on any atom is -0.490 e. The molecule has 28 heavy (non-hydrogen) atoms. The van der Waals surface area contributed by atoms with Gasteiger partial charge in [-0.25, -0.2) is 4.98 Å². The molecule has 1 heterocycles. The normalized spacial score (nSPS) is 11.2. The van der Waals surface area contributed by atoms with Crippen LogP contribution in [0.25, 0.3) is 10.9 Å². The fourth-order valence-electron chi connectivity index (χ4n) is 2.83. The number of nitro groups is 1. The molecule has 0 fully saturated rings. The molecule has 3 aromatic rings. The van der Waals surface area contributed by atoms with E-state index in [4.69, 9.17) is 4.74 Å². The second-order valence-corrected chi connectivity index (χ2v) is 6.87. The van der Waals surface area contributed by atoms with E-state index < -0.39 is 4.92 Å². The van der Waals surface area contributed by atoms with Crippen LogP contribution < -0.4 is 10.3 Å². The Kier molecular flexibility index (Phi) is 5.84. The van der Waals surface area contributed by atoms with E-state index in [9.17, 15) is 14.9 Å². The highest BCUT2D eigenvalue weighted by molar-refractivity contribution is 9.10. The van der Waals surface area contributed by atoms with Crippen LogP contribution in [0.15, 0.2) is 50.8 Å². The molecule has 0 unspecified atom stereocenters. The first kappa shape index (κ1) is 19.7. The number of fused-ring (bicyclic) bond motifs is 1. The standard InChI is InChI=1S/C19H17BrN4O4/c1-3-5-17-22-15-9-8-13(20)10-14(15)19(25)23(17)21-11-12-6-4-7-16(24(26)27)18(12)28-2/h4,6-11H,3,5H2,1-2H3. The summed E-state index contributed by atoms with van der Waals surface area (Å²) in [5.41, 5.74) is 0.500. The fraction of sp³-hybridized carbons (Fsp3) is 0.211. The highest BCUT2D eigenvalue weighted by Crippen LogP contribution is 2.29. The summed E-state index contributed by atoms with van der Waals surface area (Å²) >= 11 is 3.36. The van der Waals surface area contributed by atoms with Gasteiger partial charge in [-0.05, 0) is 30.7 Å². The molecule has 0 amide bonds. The molecule has 0 aliphatic rings. The third-order valence-electron chi connectivity index (χ3n) is 4.09. The zero-order chi connectivity index (χ0) is 20.3. The molecule has 0 saturated heterocycles. The van der Waals surface area contributed by atoms with E-state index in [1.54, 1.807) is 18.2 Å². The van der Waals surface area contributed by atoms with E-state index in [2.05, 4.69) is 26.0 Å². The summed E-state index contributed by atoms with van der Waals surface area (Å²) in [7, 11) is 1.35. The van der Waals surface area contributed by atoms with Crippen LogP contribution in [0.5, 0.6) is 5.75 Å². The Morgan fingerprint density at radius 2 is 2.14 bits per heavy atom. The molecule has 144 valence electrons. The molecule has 0 aliphatic heterocycles. The molecule has 0 bridgehead atoms. The maximum Gasteiger partial charge on any atom is 0.311 e. The molecule has 9 heteroatoms. The monoisotopic (exact) mass is 444 g/mol. The van der Waals surface area contributed by atoms with E-state index >= 15 is 0 Å². The zero-order valence-corrected chi connectivity index (χ0v) is 16.8. The minimum atomic E-state index is -0.528. The van der Waals surface area contributed by atoms with Gasteiger partial charge in [-0.3, -0.25) is 14.9 Å². The summed E-state index contributed by atoms with van der Waals surface area (Å²) in [4.78, 5) is 28.2. The van der Waals surface area contributed by atoms with E-state index in [-0.39, 0.29) is 17.0 Å². The number of hydrogen-bond donors (Lipinski definition) is 0. The first-order valence-corrected chi connectivity index (χ1v) is 9.32. The van der Waals surface area contributed by atoms with Gasteiger partial charge in [0.25, 0.3) is 5.56 Å². The number of rotatable bonds is 6. The second-order valence-electron chi connectivity index (χ2n) is 5.96. The second kappa shape index (κ2) is 8.30. The molecule has 0 saturated carbocycles. The van der Waals surface area contributed by atoms with Crippen molar-refractivity contribution in [2.75, 3.05) is 7.11 Å². The lowest BCUT2D eigenvalue weighted by molar-refractivity contribution is -0.385. The van der Waals surface area contributed by atoms with Crippen molar-refractivity contribution < 1.29 is 9.66 Å². The molecular weight excluding hydrogens is 428 g/mol. The van der Waals surface area contributed by atoms with Crippen LogP contribution in [0.2, 0.25) is 0 Å². The van der Waals surface area contributed by atoms with Crippen LogP contribution in [-0.2, 0) is 6.42 Å². The van der Waals surface area contributed by atoms with Crippen LogP contribution in [0.1, 0.15) is 24.7 Å². The maximum atomic E-state index is 13.0. The molecule has 8 nitrogen and oxygen atoms in total. The van der Waals surface area contributed by atoms with Crippen LogP contribution >= 0.6 is 15.9 Å². The Labute approximate surface area is 168 Å². The quantitative estimate of drug-likeness (QED) is 0.326. The van der Waals surface area contributed by atoms with Gasteiger partial charge >= 0.3 is 5.69 Å². The third-order valence-corrected chi connectivity index (χ3v) is 4.58. The van der Waals surface area contributed by atoms with Crippen molar-refractivity contribution in [3.05, 3.63) is 72.7 Å². The third kappa shape index (κ3) is 3.79. The van der Waals surface area contributed by atoms with Crippen LogP contribution in [0, 0.1) is 10.1 Å². The predicted molar refractivity (Wildman–Crippen MR) is 110 cm³/mol. The number of nitrogens with zero attached hydrogens (tertiary/aromatic N) is 4. The van der Waals surface area contributed by atoms with Crippen molar-refractivity contribution in [2.45, 2.75) is 19.8 Å². The highest BCUT2D eigenvalue weighted by Gasteiger charge is 2.17. The van der Waals surface area contributed by atoms with Gasteiger partial charge in [0.1, 0.15) is 5.82 Å². The molecule has 3 rings (SSSR count). The van der Waals surface area contributed by atoms with E-state index in [1.807, 2.05) is 13.0 Å². The van der Waals surface area contributed by atoms with Crippen molar-refractivity contribution >= 4 is 38.7 Å². The topological polar surface area (TPSA) is 99.6 Å². The molecule has 0 radical (unpaired) electrons. The minimum absolute atomic E-state index is 0.0813. The number of benzene rings is 2. The Balaban J connectivity index is 2.18. The predicted octanol–water partition coefficient (Wildman–Crippen LogP) is 3.91. The van der Waals surface area contributed by atoms with Gasteiger partial charge in [0.15, 0.2) is 0 Å². The summed E-state index contributed by atoms with van der Waals surface area (Å²) in [6, 6.07) is 9.81. The van der Waals surface area contributed by atoms with Crippen molar-refractivity contribution in [1.82, 2.24) is 9.66 Å². The highest BCUT2D eigenvalue weighted by atomic mass is 79.9. The first-order chi connectivity index (χ1) is 13.5. The Morgan fingerprint density at radius 3 is 2.82 bits per heavy atom. The van der Waals surface area contributed by atoms with Crippen molar-refractivity contribution in [3.8, 4) is 5.75 Å². The summed E-state index contributed by atoms with van der Waals surface area (Å²) in [5, 5.41) is 15.9. The average molecular weight is 445 g/mol. The van der Waals surface area contributed by atoms with Crippen molar-refractivity contribution in [1.29, 1.82) is 0 Å². The molecule has 1 aromatic heterocycles. The first-order valence-electron chi connectivity index (χ1n) is 8.53. The van der Waals surface area contributed by atoms with Gasteiger partial charge in [-0.1, -0.05) is 28.9 Å². The van der Waals surface area contributed by atoms with E-state index in [0.717, 1.165) is 10.9 Å². The SMILES string of the molecule is CCCc1nc2ccc(Br)cc2c(=O)n1N=Cc1cccc([N+](=O)[O-])c1OC. The number of aromatic nitrogens is 2. The lowest BCUT2D eigenvalue weighted by Gasteiger charge is -2.09. The van der Waals surface area contributed by atoms with Gasteiger partial charge in [0.05, 0.1) is 29.2 Å². The average Bonchev–Trinajstić information content (AvgIpc) is 2.68. The zero-order valence-electron chi connectivity index (χ0n) is 15.3. The fourth-order valence-corrected chi connectivity index (χ4v) is 3.19. The summed E-state index contributed by atoms with van der Waals surface area (Å²) < 4.78 is 7.17. The summed E-state index contributed by atoms with van der Waals surface area (Å²) in [5.74, 6) is 0.598. The van der Waals surface area contributed by atoms with Gasteiger partial charge < -0.3 is 4.74 Å². The van der Waals surface area contributed by atoms with Crippen molar-refractivity contribution in [2.24, 2.45) is 5.10 Å². The number of para-hydroxylation sites is 1. The number of nitro benzene ring substituents is 1. The Bertz CT molecular complexity index is 1140. The van der Waals surface area contributed by atoms with Crippen LogP contribution in [0.4, 0.5) is 5.69 Å². The molecular formula is C19H17BrN4O4. The van der Waals surface area contributed by atoms with E-state index in [1.165, 1.54) is 30.1 Å². The van der Waals surface area contributed by atoms with Gasteiger partial charge in [0, 0.05) is 22.5 Å². The van der Waals surface area contributed by atoms with E-state index in [0.29, 0.717) is 28.7 Å². The molecule has 0 atom stereocenters. The number of aryl methyl sites for hydroxylation is 1. The smallest absolute Gasteiger partial charge is 0.311 e. The number of methoxy groups -OCH3 is 1. The lowest BCUT2D eigenvalue weighted by atomic mass is 10.2. The van der Waals surface area contributed by atoms with Crippen LogP contribution in [-0.4, -0.2) is 27.9 Å². The van der Waals surface area contributed by atoms with Gasteiger partial charge in [-0.2, -0.15) is 9.78 Å². The largest absolute Gasteiger partial charge is 0.490 e. The molecule has 0 spiro atoms.